The number of benzene rings is 2. The molecule has 2 aromatic carbocycles. The molecule has 1 amide bonds. The number of nitrogens with one attached hydrogen (secondary N) is 1. The minimum absolute atomic E-state index is 0.0920. The maximum absolute atomic E-state index is 12.2. The van der Waals surface area contributed by atoms with E-state index in [1.165, 1.54) is 18.4 Å². The highest BCUT2D eigenvalue weighted by Gasteiger charge is 2.17. The molecule has 0 aliphatic rings. The highest BCUT2D eigenvalue weighted by molar-refractivity contribution is 7.16. The fourth-order valence-electron chi connectivity index (χ4n) is 2.37. The van der Waals surface area contributed by atoms with E-state index < -0.39 is 0 Å². The number of anilines is 1. The van der Waals surface area contributed by atoms with Crippen LogP contribution >= 0.6 is 11.3 Å². The van der Waals surface area contributed by atoms with E-state index in [4.69, 9.17) is 9.47 Å². The fraction of sp³-hybridized carbons (Fsp3) is 0.150. The molecular weight excluding hydrogens is 364 g/mol. The highest BCUT2D eigenvalue weighted by Crippen LogP contribution is 2.31. The number of hydrogen-bond acceptors (Lipinski definition) is 6. The molecule has 0 atom stereocenters. The van der Waals surface area contributed by atoms with E-state index in [2.05, 4.69) is 10.3 Å². The number of methoxy groups -OCH3 is 1. The largest absolute Gasteiger partial charge is 0.484 e. The summed E-state index contributed by atoms with van der Waals surface area (Å²) in [5.74, 6) is -0.0684. The summed E-state index contributed by atoms with van der Waals surface area (Å²) in [6.45, 7) is -0.128. The second-order valence-electron chi connectivity index (χ2n) is 5.56. The number of ether oxygens (including phenoxy) is 2. The average molecular weight is 382 g/mol. The van der Waals surface area contributed by atoms with Gasteiger partial charge >= 0.3 is 5.97 Å². The van der Waals surface area contributed by atoms with Crippen LogP contribution in [0.4, 0.5) is 5.13 Å². The molecule has 0 radical (unpaired) electrons. The summed E-state index contributed by atoms with van der Waals surface area (Å²) in [6.07, 6.45) is 0.0920. The standard InChI is InChI=1S/C20H18N2O4S/c1-25-18(24)12-16-19(14-8-4-2-5-9-14)22-20(27-16)21-17(23)13-26-15-10-6-3-7-11-15/h2-11H,12-13H2,1H3,(H,21,22,23). The Labute approximate surface area is 160 Å². The zero-order valence-corrected chi connectivity index (χ0v) is 15.5. The van der Waals surface area contributed by atoms with Gasteiger partial charge in [0, 0.05) is 10.4 Å². The van der Waals surface area contributed by atoms with Gasteiger partial charge in [-0.15, -0.1) is 11.3 Å². The van der Waals surface area contributed by atoms with Crippen LogP contribution in [0.3, 0.4) is 0 Å². The second kappa shape index (κ2) is 8.95. The Kier molecular flexibility index (Phi) is 6.17. The van der Waals surface area contributed by atoms with Gasteiger partial charge in [-0.05, 0) is 12.1 Å². The van der Waals surface area contributed by atoms with E-state index in [1.807, 2.05) is 48.5 Å². The molecule has 6 nitrogen and oxygen atoms in total. The molecule has 7 heteroatoms. The van der Waals surface area contributed by atoms with Crippen molar-refractivity contribution in [2.75, 3.05) is 19.0 Å². The summed E-state index contributed by atoms with van der Waals surface area (Å²) in [5, 5.41) is 3.14. The minimum Gasteiger partial charge on any atom is -0.484 e. The number of rotatable bonds is 7. The molecule has 1 aromatic heterocycles. The Hall–Kier alpha value is -3.19. The van der Waals surface area contributed by atoms with Crippen LogP contribution in [-0.2, 0) is 20.7 Å². The summed E-state index contributed by atoms with van der Waals surface area (Å²) in [7, 11) is 1.34. The molecule has 1 heterocycles. The van der Waals surface area contributed by atoms with Crippen LogP contribution in [0, 0.1) is 0 Å². The van der Waals surface area contributed by atoms with E-state index in [0.717, 1.165) is 10.4 Å². The molecule has 0 unspecified atom stereocenters. The van der Waals surface area contributed by atoms with E-state index in [9.17, 15) is 9.59 Å². The van der Waals surface area contributed by atoms with Crippen molar-refractivity contribution in [3.63, 3.8) is 0 Å². The van der Waals surface area contributed by atoms with E-state index in [0.29, 0.717) is 16.6 Å². The number of carbonyl (C=O) groups is 2. The van der Waals surface area contributed by atoms with Crippen LogP contribution in [-0.4, -0.2) is 30.6 Å². The lowest BCUT2D eigenvalue weighted by Gasteiger charge is -2.05. The first-order chi connectivity index (χ1) is 13.2. The van der Waals surface area contributed by atoms with E-state index in [1.54, 1.807) is 12.1 Å². The van der Waals surface area contributed by atoms with Gasteiger partial charge in [0.15, 0.2) is 11.7 Å². The van der Waals surface area contributed by atoms with Crippen molar-refractivity contribution in [3.05, 3.63) is 65.5 Å². The molecule has 0 aliphatic heterocycles. The third-order valence-electron chi connectivity index (χ3n) is 3.64. The van der Waals surface area contributed by atoms with Crippen molar-refractivity contribution in [1.29, 1.82) is 0 Å². The summed E-state index contributed by atoms with van der Waals surface area (Å²) < 4.78 is 10.2. The molecule has 0 bridgehead atoms. The van der Waals surface area contributed by atoms with Crippen molar-refractivity contribution in [2.24, 2.45) is 0 Å². The SMILES string of the molecule is COC(=O)Cc1sc(NC(=O)COc2ccccc2)nc1-c1ccccc1. The van der Waals surface area contributed by atoms with E-state index in [-0.39, 0.29) is 24.9 Å². The van der Waals surface area contributed by atoms with Crippen LogP contribution in [0.5, 0.6) is 5.75 Å². The third kappa shape index (κ3) is 5.15. The van der Waals surface area contributed by atoms with Crippen molar-refractivity contribution in [2.45, 2.75) is 6.42 Å². The zero-order valence-electron chi connectivity index (χ0n) is 14.7. The summed E-state index contributed by atoms with van der Waals surface area (Å²) in [5.41, 5.74) is 1.53. The molecule has 138 valence electrons. The smallest absolute Gasteiger partial charge is 0.310 e. The number of aromatic nitrogens is 1. The Morgan fingerprint density at radius 3 is 2.37 bits per heavy atom. The first kappa shape index (κ1) is 18.6. The van der Waals surface area contributed by atoms with Crippen LogP contribution in [0.1, 0.15) is 4.88 Å². The molecule has 0 aliphatic carbocycles. The first-order valence-electron chi connectivity index (χ1n) is 8.25. The number of thiazole rings is 1. The van der Waals surface area contributed by atoms with Crippen LogP contribution in [0.2, 0.25) is 0 Å². The summed E-state index contributed by atoms with van der Waals surface area (Å²) in [6, 6.07) is 18.6. The number of hydrogen-bond donors (Lipinski definition) is 1. The molecule has 0 saturated heterocycles. The van der Waals surface area contributed by atoms with Gasteiger partial charge in [-0.25, -0.2) is 4.98 Å². The van der Waals surface area contributed by atoms with Crippen molar-refractivity contribution < 1.29 is 19.1 Å². The first-order valence-corrected chi connectivity index (χ1v) is 9.07. The summed E-state index contributed by atoms with van der Waals surface area (Å²) >= 11 is 1.25. The molecule has 0 fully saturated rings. The van der Waals surface area contributed by atoms with Gasteiger partial charge in [-0.1, -0.05) is 48.5 Å². The lowest BCUT2D eigenvalue weighted by molar-refractivity contribution is -0.139. The Morgan fingerprint density at radius 2 is 1.70 bits per heavy atom. The summed E-state index contributed by atoms with van der Waals surface area (Å²) in [4.78, 5) is 29.1. The zero-order chi connectivity index (χ0) is 19.1. The number of amides is 1. The van der Waals surface area contributed by atoms with Gasteiger partial charge in [0.1, 0.15) is 5.75 Å². The molecule has 27 heavy (non-hydrogen) atoms. The Balaban J connectivity index is 1.73. The van der Waals surface area contributed by atoms with Crippen molar-refractivity contribution in [3.8, 4) is 17.0 Å². The number of carbonyl (C=O) groups excluding carboxylic acids is 2. The number of nitrogens with zero attached hydrogens (tertiary/aromatic N) is 1. The lowest BCUT2D eigenvalue weighted by atomic mass is 10.1. The van der Waals surface area contributed by atoms with Gasteiger partial charge in [-0.3, -0.25) is 14.9 Å². The lowest BCUT2D eigenvalue weighted by Crippen LogP contribution is -2.20. The Bertz CT molecular complexity index is 910. The number of para-hydroxylation sites is 1. The maximum Gasteiger partial charge on any atom is 0.310 e. The van der Waals surface area contributed by atoms with Gasteiger partial charge < -0.3 is 9.47 Å². The molecule has 0 saturated carbocycles. The molecule has 3 aromatic rings. The third-order valence-corrected chi connectivity index (χ3v) is 4.61. The average Bonchev–Trinajstić information content (AvgIpc) is 3.09. The molecule has 0 spiro atoms. The number of esters is 1. The highest BCUT2D eigenvalue weighted by atomic mass is 32.1. The maximum atomic E-state index is 12.2. The van der Waals surface area contributed by atoms with Gasteiger partial charge in [0.05, 0.1) is 19.2 Å². The molecular formula is C20H18N2O4S. The van der Waals surface area contributed by atoms with Crippen LogP contribution in [0.15, 0.2) is 60.7 Å². The monoisotopic (exact) mass is 382 g/mol. The normalized spacial score (nSPS) is 10.3. The Morgan fingerprint density at radius 1 is 1.04 bits per heavy atom. The van der Waals surface area contributed by atoms with Gasteiger partial charge in [-0.2, -0.15) is 0 Å². The van der Waals surface area contributed by atoms with Crippen LogP contribution in [0.25, 0.3) is 11.3 Å². The van der Waals surface area contributed by atoms with Crippen LogP contribution < -0.4 is 10.1 Å². The van der Waals surface area contributed by atoms with Gasteiger partial charge in [0.25, 0.3) is 5.91 Å². The van der Waals surface area contributed by atoms with Gasteiger partial charge in [0.2, 0.25) is 0 Å². The predicted octanol–water partition coefficient (Wildman–Crippen LogP) is 3.54. The fourth-order valence-corrected chi connectivity index (χ4v) is 3.36. The minimum atomic E-state index is -0.360. The van der Waals surface area contributed by atoms with E-state index >= 15 is 0 Å². The molecule has 3 rings (SSSR count). The predicted molar refractivity (Wildman–Crippen MR) is 104 cm³/mol. The quantitative estimate of drug-likeness (QED) is 0.633. The topological polar surface area (TPSA) is 77.5 Å². The molecule has 1 N–H and O–H groups in total. The second-order valence-corrected chi connectivity index (χ2v) is 6.64. The van der Waals surface area contributed by atoms with Crippen molar-refractivity contribution >= 4 is 28.3 Å². The van der Waals surface area contributed by atoms with Crippen molar-refractivity contribution in [1.82, 2.24) is 4.98 Å².